The van der Waals surface area contributed by atoms with Gasteiger partial charge in [0.25, 0.3) is 0 Å². The Labute approximate surface area is 158 Å². The van der Waals surface area contributed by atoms with Gasteiger partial charge in [-0.2, -0.15) is 0 Å². The topological polar surface area (TPSA) is 84.9 Å². The molecule has 2 aromatic rings. The number of carboxylic acid groups (broad SMARTS) is 1. The predicted molar refractivity (Wildman–Crippen MR) is 100.0 cm³/mol. The molecule has 2 atom stereocenters. The predicted octanol–water partition coefficient (Wildman–Crippen LogP) is 2.31. The SMILES string of the molecule is COc1ccc2c(c1)CC(C(=O)NCC(Cc1ccccc1)C(=O)O)CO2. The highest BCUT2D eigenvalue weighted by atomic mass is 16.5. The van der Waals surface area contributed by atoms with E-state index in [4.69, 9.17) is 9.47 Å². The highest BCUT2D eigenvalue weighted by molar-refractivity contribution is 5.80. The fraction of sp³-hybridized carbons (Fsp3) is 0.333. The lowest BCUT2D eigenvalue weighted by Crippen LogP contribution is -2.41. The average molecular weight is 369 g/mol. The molecule has 0 bridgehead atoms. The average Bonchev–Trinajstić information content (AvgIpc) is 2.70. The number of nitrogens with one attached hydrogen (secondary N) is 1. The van der Waals surface area contributed by atoms with Gasteiger partial charge >= 0.3 is 5.97 Å². The van der Waals surface area contributed by atoms with E-state index in [1.54, 1.807) is 7.11 Å². The second kappa shape index (κ2) is 8.58. The van der Waals surface area contributed by atoms with Gasteiger partial charge in [0, 0.05) is 6.54 Å². The van der Waals surface area contributed by atoms with Gasteiger partial charge < -0.3 is 19.9 Å². The molecule has 0 saturated heterocycles. The first kappa shape index (κ1) is 18.8. The van der Waals surface area contributed by atoms with Gasteiger partial charge in [-0.05, 0) is 42.2 Å². The third-order valence-electron chi connectivity index (χ3n) is 4.74. The molecule has 6 nitrogen and oxygen atoms in total. The Bertz CT molecular complexity index is 805. The van der Waals surface area contributed by atoms with E-state index in [2.05, 4.69) is 5.32 Å². The molecule has 0 spiro atoms. The van der Waals surface area contributed by atoms with Gasteiger partial charge in [-0.3, -0.25) is 9.59 Å². The lowest BCUT2D eigenvalue weighted by Gasteiger charge is -2.25. The van der Waals surface area contributed by atoms with Crippen LogP contribution in [0.1, 0.15) is 11.1 Å². The molecule has 2 N–H and O–H groups in total. The Morgan fingerprint density at radius 1 is 1.26 bits per heavy atom. The summed E-state index contributed by atoms with van der Waals surface area (Å²) >= 11 is 0. The van der Waals surface area contributed by atoms with E-state index in [1.165, 1.54) is 0 Å². The van der Waals surface area contributed by atoms with E-state index in [9.17, 15) is 14.7 Å². The van der Waals surface area contributed by atoms with E-state index in [-0.39, 0.29) is 25.0 Å². The quantitative estimate of drug-likeness (QED) is 0.782. The number of carbonyl (C=O) groups excluding carboxylic acids is 1. The van der Waals surface area contributed by atoms with Crippen LogP contribution in [0.4, 0.5) is 0 Å². The van der Waals surface area contributed by atoms with E-state index in [1.807, 2.05) is 48.5 Å². The lowest BCUT2D eigenvalue weighted by molar-refractivity contribution is -0.141. The van der Waals surface area contributed by atoms with Crippen LogP contribution in [-0.2, 0) is 22.4 Å². The first-order valence-electron chi connectivity index (χ1n) is 8.91. The molecule has 1 aliphatic rings. The number of amides is 1. The summed E-state index contributed by atoms with van der Waals surface area (Å²) in [7, 11) is 1.59. The number of ether oxygens (including phenoxy) is 2. The number of carbonyl (C=O) groups is 2. The van der Waals surface area contributed by atoms with Crippen molar-refractivity contribution in [2.45, 2.75) is 12.8 Å². The van der Waals surface area contributed by atoms with E-state index in [0.717, 1.165) is 16.9 Å². The number of benzene rings is 2. The molecule has 0 radical (unpaired) electrons. The van der Waals surface area contributed by atoms with Crippen LogP contribution in [0.3, 0.4) is 0 Å². The first-order chi connectivity index (χ1) is 13.1. The highest BCUT2D eigenvalue weighted by Crippen LogP contribution is 2.30. The molecule has 0 aliphatic carbocycles. The van der Waals surface area contributed by atoms with Crippen molar-refractivity contribution in [2.75, 3.05) is 20.3 Å². The second-order valence-corrected chi connectivity index (χ2v) is 6.66. The van der Waals surface area contributed by atoms with Crippen molar-refractivity contribution >= 4 is 11.9 Å². The monoisotopic (exact) mass is 369 g/mol. The van der Waals surface area contributed by atoms with Crippen LogP contribution >= 0.6 is 0 Å². The maximum Gasteiger partial charge on any atom is 0.308 e. The molecule has 2 unspecified atom stereocenters. The van der Waals surface area contributed by atoms with Gasteiger partial charge in [-0.25, -0.2) is 0 Å². The number of fused-ring (bicyclic) bond motifs is 1. The van der Waals surface area contributed by atoms with Crippen LogP contribution in [0.2, 0.25) is 0 Å². The smallest absolute Gasteiger partial charge is 0.308 e. The largest absolute Gasteiger partial charge is 0.497 e. The first-order valence-corrected chi connectivity index (χ1v) is 8.91. The summed E-state index contributed by atoms with van der Waals surface area (Å²) in [6.07, 6.45) is 0.909. The number of rotatable bonds is 7. The van der Waals surface area contributed by atoms with Gasteiger partial charge in [0.2, 0.25) is 5.91 Å². The van der Waals surface area contributed by atoms with Crippen LogP contribution in [0, 0.1) is 11.8 Å². The van der Waals surface area contributed by atoms with Crippen LogP contribution in [0.25, 0.3) is 0 Å². The minimum Gasteiger partial charge on any atom is -0.497 e. The number of hydrogen-bond donors (Lipinski definition) is 2. The Morgan fingerprint density at radius 3 is 2.74 bits per heavy atom. The minimum atomic E-state index is -0.922. The zero-order chi connectivity index (χ0) is 19.2. The zero-order valence-electron chi connectivity index (χ0n) is 15.2. The Hall–Kier alpha value is -3.02. The molecule has 0 fully saturated rings. The summed E-state index contributed by atoms with van der Waals surface area (Å²) in [5.74, 6) is -0.666. The molecule has 6 heteroatoms. The molecular weight excluding hydrogens is 346 g/mol. The van der Waals surface area contributed by atoms with Gasteiger partial charge in [-0.1, -0.05) is 30.3 Å². The maximum atomic E-state index is 12.5. The number of carboxylic acids is 1. The number of hydrogen-bond acceptors (Lipinski definition) is 4. The molecule has 142 valence electrons. The summed E-state index contributed by atoms with van der Waals surface area (Å²) in [6, 6.07) is 14.9. The third-order valence-corrected chi connectivity index (χ3v) is 4.74. The number of aliphatic carboxylic acids is 1. The molecule has 0 aromatic heterocycles. The van der Waals surface area contributed by atoms with Gasteiger partial charge in [-0.15, -0.1) is 0 Å². The van der Waals surface area contributed by atoms with Gasteiger partial charge in [0.15, 0.2) is 0 Å². The van der Waals surface area contributed by atoms with Crippen LogP contribution in [0.5, 0.6) is 11.5 Å². The molecule has 1 heterocycles. The molecule has 3 rings (SSSR count). The summed E-state index contributed by atoms with van der Waals surface area (Å²) in [5, 5.41) is 12.2. The van der Waals surface area contributed by atoms with Crippen molar-refractivity contribution in [1.82, 2.24) is 5.32 Å². The van der Waals surface area contributed by atoms with E-state index >= 15 is 0 Å². The molecule has 1 aliphatic heterocycles. The second-order valence-electron chi connectivity index (χ2n) is 6.66. The molecule has 2 aromatic carbocycles. The Kier molecular flexibility index (Phi) is 5.96. The molecule has 27 heavy (non-hydrogen) atoms. The van der Waals surface area contributed by atoms with Crippen LogP contribution in [-0.4, -0.2) is 37.2 Å². The molecular formula is C21H23NO5. The number of methoxy groups -OCH3 is 1. The lowest BCUT2D eigenvalue weighted by atomic mass is 9.95. The van der Waals surface area contributed by atoms with Crippen molar-refractivity contribution in [3.05, 3.63) is 59.7 Å². The van der Waals surface area contributed by atoms with Gasteiger partial charge in [0.1, 0.15) is 18.1 Å². The standard InChI is InChI=1S/C21H23NO5/c1-26-18-7-8-19-15(11-18)10-17(13-27-19)20(23)22-12-16(21(24)25)9-14-5-3-2-4-6-14/h2-8,11,16-17H,9-10,12-13H2,1H3,(H,22,23)(H,24,25). The van der Waals surface area contributed by atoms with Crippen LogP contribution in [0.15, 0.2) is 48.5 Å². The molecule has 1 amide bonds. The fourth-order valence-corrected chi connectivity index (χ4v) is 3.18. The summed E-state index contributed by atoms with van der Waals surface area (Å²) < 4.78 is 10.9. The normalized spacial score (nSPS) is 16.6. The van der Waals surface area contributed by atoms with E-state index in [0.29, 0.717) is 18.6 Å². The van der Waals surface area contributed by atoms with Crippen molar-refractivity contribution in [2.24, 2.45) is 11.8 Å². The Morgan fingerprint density at radius 2 is 2.04 bits per heavy atom. The maximum absolute atomic E-state index is 12.5. The van der Waals surface area contributed by atoms with Crippen molar-refractivity contribution in [3.8, 4) is 11.5 Å². The Balaban J connectivity index is 1.58. The van der Waals surface area contributed by atoms with Crippen molar-refractivity contribution < 1.29 is 24.2 Å². The van der Waals surface area contributed by atoms with E-state index < -0.39 is 11.9 Å². The summed E-state index contributed by atoms with van der Waals surface area (Å²) in [6.45, 7) is 0.367. The van der Waals surface area contributed by atoms with Crippen LogP contribution < -0.4 is 14.8 Å². The fourth-order valence-electron chi connectivity index (χ4n) is 3.18. The summed E-state index contributed by atoms with van der Waals surface area (Å²) in [5.41, 5.74) is 1.85. The van der Waals surface area contributed by atoms with Gasteiger partial charge in [0.05, 0.1) is 18.9 Å². The minimum absolute atomic E-state index is 0.0878. The summed E-state index contributed by atoms with van der Waals surface area (Å²) in [4.78, 5) is 24.1. The van der Waals surface area contributed by atoms with Crippen molar-refractivity contribution in [1.29, 1.82) is 0 Å². The zero-order valence-corrected chi connectivity index (χ0v) is 15.2. The molecule has 0 saturated carbocycles. The highest BCUT2D eigenvalue weighted by Gasteiger charge is 2.27. The van der Waals surface area contributed by atoms with Crippen molar-refractivity contribution in [3.63, 3.8) is 0 Å². The third kappa shape index (κ3) is 4.78.